The van der Waals surface area contributed by atoms with Crippen molar-refractivity contribution in [3.05, 3.63) is 65.4 Å². The van der Waals surface area contributed by atoms with E-state index in [2.05, 4.69) is 34.7 Å². The van der Waals surface area contributed by atoms with Crippen molar-refractivity contribution < 1.29 is 4.74 Å². The second-order valence-electron chi connectivity index (χ2n) is 6.58. The van der Waals surface area contributed by atoms with Crippen LogP contribution < -0.4 is 10.1 Å². The molecule has 2 aromatic carbocycles. The van der Waals surface area contributed by atoms with Crippen molar-refractivity contribution in [2.45, 2.75) is 24.8 Å². The van der Waals surface area contributed by atoms with E-state index in [0.717, 1.165) is 36.2 Å². The highest BCUT2D eigenvalue weighted by Crippen LogP contribution is 2.43. The Kier molecular flexibility index (Phi) is 4.17. The number of H-pyrrole nitrogens is 1. The quantitative estimate of drug-likeness (QED) is 0.723. The number of fused-ring (bicyclic) bond motifs is 1. The van der Waals surface area contributed by atoms with Crippen molar-refractivity contribution in [3.63, 3.8) is 0 Å². The molecule has 1 heterocycles. The SMILES string of the molecule is COc1ccccc1CCN[C@@H]1C[C@H]1c1c[nH]c2ccc(C#N)cc12. The maximum Gasteiger partial charge on any atom is 0.122 e. The van der Waals surface area contributed by atoms with Gasteiger partial charge in [0.05, 0.1) is 18.7 Å². The smallest absolute Gasteiger partial charge is 0.122 e. The molecule has 1 fully saturated rings. The lowest BCUT2D eigenvalue weighted by atomic mass is 10.1. The molecule has 2 N–H and O–H groups in total. The van der Waals surface area contributed by atoms with Crippen LogP contribution >= 0.6 is 0 Å². The van der Waals surface area contributed by atoms with Crippen LogP contribution in [0, 0.1) is 11.3 Å². The molecule has 4 heteroatoms. The van der Waals surface area contributed by atoms with Gasteiger partial charge in [0.25, 0.3) is 0 Å². The van der Waals surface area contributed by atoms with E-state index in [1.54, 1.807) is 7.11 Å². The number of rotatable bonds is 6. The van der Waals surface area contributed by atoms with Crippen LogP contribution in [0.1, 0.15) is 29.0 Å². The van der Waals surface area contributed by atoms with E-state index in [1.165, 1.54) is 16.5 Å². The fourth-order valence-electron chi connectivity index (χ4n) is 3.58. The molecule has 1 aliphatic carbocycles. The molecule has 1 aliphatic rings. The first-order chi connectivity index (χ1) is 12.3. The third kappa shape index (κ3) is 3.11. The van der Waals surface area contributed by atoms with Gasteiger partial charge in [0.2, 0.25) is 0 Å². The highest BCUT2D eigenvalue weighted by atomic mass is 16.5. The van der Waals surface area contributed by atoms with Gasteiger partial charge in [-0.2, -0.15) is 5.26 Å². The standard InChI is InChI=1S/C21H21N3O/c1-25-21-5-3-2-4-15(21)8-9-23-20-11-17(20)18-13-24-19-7-6-14(12-22)10-16(18)19/h2-7,10,13,17,20,23-24H,8-9,11H2,1H3/t17-,20+/m0/s1. The van der Waals surface area contributed by atoms with E-state index in [1.807, 2.05) is 30.3 Å². The molecule has 0 saturated heterocycles. The molecule has 4 rings (SSSR count). The number of methoxy groups -OCH3 is 1. The Balaban J connectivity index is 1.39. The molecule has 2 atom stereocenters. The van der Waals surface area contributed by atoms with Crippen molar-refractivity contribution in [2.75, 3.05) is 13.7 Å². The summed E-state index contributed by atoms with van der Waals surface area (Å²) in [6.45, 7) is 0.938. The van der Waals surface area contributed by atoms with Crippen LogP contribution in [0.5, 0.6) is 5.75 Å². The molecule has 3 aromatic rings. The predicted molar refractivity (Wildman–Crippen MR) is 98.9 cm³/mol. The van der Waals surface area contributed by atoms with E-state index in [4.69, 9.17) is 10.00 Å². The Morgan fingerprint density at radius 3 is 3.00 bits per heavy atom. The van der Waals surface area contributed by atoms with Gasteiger partial charge in [-0.05, 0) is 54.8 Å². The van der Waals surface area contributed by atoms with Crippen molar-refractivity contribution in [2.24, 2.45) is 0 Å². The summed E-state index contributed by atoms with van der Waals surface area (Å²) in [6.07, 6.45) is 4.20. The number of nitriles is 1. The van der Waals surface area contributed by atoms with Crippen LogP contribution in [0.15, 0.2) is 48.7 Å². The summed E-state index contributed by atoms with van der Waals surface area (Å²) in [5.41, 5.74) is 4.38. The molecule has 25 heavy (non-hydrogen) atoms. The molecule has 0 amide bonds. The fraction of sp³-hybridized carbons (Fsp3) is 0.286. The Labute approximate surface area is 147 Å². The summed E-state index contributed by atoms with van der Waals surface area (Å²) >= 11 is 0. The van der Waals surface area contributed by atoms with Gasteiger partial charge in [-0.1, -0.05) is 18.2 Å². The van der Waals surface area contributed by atoms with E-state index < -0.39 is 0 Å². The van der Waals surface area contributed by atoms with E-state index in [-0.39, 0.29) is 0 Å². The largest absolute Gasteiger partial charge is 0.496 e. The Bertz CT molecular complexity index is 938. The van der Waals surface area contributed by atoms with Crippen LogP contribution in [-0.2, 0) is 6.42 Å². The Hall–Kier alpha value is -2.77. The van der Waals surface area contributed by atoms with Crippen LogP contribution in [0.25, 0.3) is 10.9 Å². The highest BCUT2D eigenvalue weighted by molar-refractivity contribution is 5.85. The van der Waals surface area contributed by atoms with Crippen molar-refractivity contribution in [3.8, 4) is 11.8 Å². The summed E-state index contributed by atoms with van der Waals surface area (Å²) < 4.78 is 5.41. The topological polar surface area (TPSA) is 60.8 Å². The fourth-order valence-corrected chi connectivity index (χ4v) is 3.58. The Morgan fingerprint density at radius 1 is 1.28 bits per heavy atom. The lowest BCUT2D eigenvalue weighted by Gasteiger charge is -2.09. The highest BCUT2D eigenvalue weighted by Gasteiger charge is 2.39. The van der Waals surface area contributed by atoms with Gasteiger partial charge < -0.3 is 15.0 Å². The number of benzene rings is 2. The number of hydrogen-bond donors (Lipinski definition) is 2. The summed E-state index contributed by atoms with van der Waals surface area (Å²) in [7, 11) is 1.72. The third-order valence-corrected chi connectivity index (χ3v) is 5.03. The molecule has 0 aliphatic heterocycles. The number of nitrogens with one attached hydrogen (secondary N) is 2. The molecule has 0 spiro atoms. The number of para-hydroxylation sites is 1. The van der Waals surface area contributed by atoms with Gasteiger partial charge in [0, 0.05) is 29.1 Å². The van der Waals surface area contributed by atoms with Crippen molar-refractivity contribution in [1.82, 2.24) is 10.3 Å². The summed E-state index contributed by atoms with van der Waals surface area (Å²) in [6, 6.07) is 16.8. The number of hydrogen-bond acceptors (Lipinski definition) is 3. The van der Waals surface area contributed by atoms with E-state index in [9.17, 15) is 0 Å². The maximum atomic E-state index is 9.12. The minimum atomic E-state index is 0.513. The molecule has 0 unspecified atom stereocenters. The average Bonchev–Trinajstić information content (AvgIpc) is 3.30. The first kappa shape index (κ1) is 15.7. The zero-order valence-electron chi connectivity index (χ0n) is 14.3. The molecule has 4 nitrogen and oxygen atoms in total. The van der Waals surface area contributed by atoms with Crippen LogP contribution in [0.4, 0.5) is 0 Å². The second-order valence-corrected chi connectivity index (χ2v) is 6.58. The minimum absolute atomic E-state index is 0.513. The molecule has 1 saturated carbocycles. The third-order valence-electron chi connectivity index (χ3n) is 5.03. The number of aromatic amines is 1. The predicted octanol–water partition coefficient (Wildman–Crippen LogP) is 3.74. The van der Waals surface area contributed by atoms with Gasteiger partial charge in [0.1, 0.15) is 5.75 Å². The van der Waals surface area contributed by atoms with Gasteiger partial charge in [-0.3, -0.25) is 0 Å². The lowest BCUT2D eigenvalue weighted by Crippen LogP contribution is -2.21. The van der Waals surface area contributed by atoms with Crippen LogP contribution in [-0.4, -0.2) is 24.7 Å². The Morgan fingerprint density at radius 2 is 2.16 bits per heavy atom. The van der Waals surface area contributed by atoms with Crippen molar-refractivity contribution in [1.29, 1.82) is 5.26 Å². The molecule has 1 aromatic heterocycles. The monoisotopic (exact) mass is 331 g/mol. The van der Waals surface area contributed by atoms with Crippen LogP contribution in [0.3, 0.4) is 0 Å². The van der Waals surface area contributed by atoms with Gasteiger partial charge in [0.15, 0.2) is 0 Å². The normalized spacial score (nSPS) is 18.9. The zero-order valence-corrected chi connectivity index (χ0v) is 14.3. The summed E-state index contributed by atoms with van der Waals surface area (Å²) in [5.74, 6) is 1.48. The van der Waals surface area contributed by atoms with Crippen LogP contribution in [0.2, 0.25) is 0 Å². The molecule has 0 radical (unpaired) electrons. The molecule has 126 valence electrons. The number of nitrogens with zero attached hydrogens (tertiary/aromatic N) is 1. The zero-order chi connectivity index (χ0) is 17.2. The maximum absolute atomic E-state index is 9.12. The number of ether oxygens (including phenoxy) is 1. The average molecular weight is 331 g/mol. The van der Waals surface area contributed by atoms with Gasteiger partial charge in [-0.25, -0.2) is 0 Å². The second kappa shape index (κ2) is 6.62. The summed E-state index contributed by atoms with van der Waals surface area (Å²) in [5, 5.41) is 13.9. The first-order valence-corrected chi connectivity index (χ1v) is 8.66. The molecule has 0 bridgehead atoms. The van der Waals surface area contributed by atoms with E-state index in [0.29, 0.717) is 12.0 Å². The lowest BCUT2D eigenvalue weighted by molar-refractivity contribution is 0.409. The van der Waals surface area contributed by atoms with Gasteiger partial charge in [-0.15, -0.1) is 0 Å². The van der Waals surface area contributed by atoms with E-state index >= 15 is 0 Å². The van der Waals surface area contributed by atoms with Crippen molar-refractivity contribution >= 4 is 10.9 Å². The molecular formula is C21H21N3O. The first-order valence-electron chi connectivity index (χ1n) is 8.66. The molecular weight excluding hydrogens is 310 g/mol. The van der Waals surface area contributed by atoms with Gasteiger partial charge >= 0.3 is 0 Å². The minimum Gasteiger partial charge on any atom is -0.496 e. The number of aromatic nitrogens is 1. The summed E-state index contributed by atoms with van der Waals surface area (Å²) in [4.78, 5) is 3.32.